The molecule has 1 aliphatic rings. The van der Waals surface area contributed by atoms with Crippen molar-refractivity contribution in [2.24, 2.45) is 0 Å². The summed E-state index contributed by atoms with van der Waals surface area (Å²) in [5, 5.41) is 3.77. The predicted molar refractivity (Wildman–Crippen MR) is 85.1 cm³/mol. The maximum absolute atomic E-state index is 3.77. The van der Waals surface area contributed by atoms with E-state index in [1.165, 1.54) is 29.5 Å². The van der Waals surface area contributed by atoms with E-state index in [4.69, 9.17) is 0 Å². The summed E-state index contributed by atoms with van der Waals surface area (Å²) in [5.74, 6) is 0.476. The smallest absolute Gasteiger partial charge is 0.0246 e. The molecule has 0 heterocycles. The molecular formula is C19H23N. The molecular weight excluding hydrogens is 242 g/mol. The minimum Gasteiger partial charge on any atom is -0.311 e. The Bertz CT molecular complexity index is 559. The highest BCUT2D eigenvalue weighted by Gasteiger charge is 2.30. The summed E-state index contributed by atoms with van der Waals surface area (Å²) in [4.78, 5) is 0. The van der Waals surface area contributed by atoms with Crippen LogP contribution >= 0.6 is 0 Å². The van der Waals surface area contributed by atoms with Crippen LogP contribution in [0.5, 0.6) is 0 Å². The van der Waals surface area contributed by atoms with E-state index in [9.17, 15) is 0 Å². The third kappa shape index (κ3) is 2.64. The molecule has 1 nitrogen and oxygen atoms in total. The van der Waals surface area contributed by atoms with Crippen molar-refractivity contribution in [3.8, 4) is 0 Å². The van der Waals surface area contributed by atoms with Crippen LogP contribution in [0, 0.1) is 0 Å². The topological polar surface area (TPSA) is 12.0 Å². The summed E-state index contributed by atoms with van der Waals surface area (Å²) in [7, 11) is 0. The van der Waals surface area contributed by atoms with Crippen molar-refractivity contribution in [2.75, 3.05) is 0 Å². The van der Waals surface area contributed by atoms with E-state index in [-0.39, 0.29) is 0 Å². The molecule has 104 valence electrons. The summed E-state index contributed by atoms with van der Waals surface area (Å²) in [6.07, 6.45) is 2.40. The van der Waals surface area contributed by atoms with Gasteiger partial charge in [0.25, 0.3) is 0 Å². The highest BCUT2D eigenvalue weighted by Crippen LogP contribution is 2.36. The first kappa shape index (κ1) is 13.4. The summed E-state index contributed by atoms with van der Waals surface area (Å²) in [6, 6.07) is 20.9. The van der Waals surface area contributed by atoms with Crippen LogP contribution in [0.1, 0.15) is 42.9 Å². The van der Waals surface area contributed by atoms with E-state index in [0.29, 0.717) is 18.0 Å². The van der Waals surface area contributed by atoms with Gasteiger partial charge in [-0.25, -0.2) is 0 Å². The van der Waals surface area contributed by atoms with Gasteiger partial charge in [-0.3, -0.25) is 0 Å². The third-order valence-corrected chi connectivity index (χ3v) is 4.22. The minimum absolute atomic E-state index is 0.476. The Morgan fingerprint density at radius 2 is 1.65 bits per heavy atom. The molecule has 0 aromatic heterocycles. The van der Waals surface area contributed by atoms with Crippen LogP contribution in [0.2, 0.25) is 0 Å². The number of hydrogen-bond acceptors (Lipinski definition) is 1. The van der Waals surface area contributed by atoms with Crippen molar-refractivity contribution in [2.45, 2.75) is 44.7 Å². The molecule has 0 bridgehead atoms. The fourth-order valence-electron chi connectivity index (χ4n) is 3.44. The normalized spacial score (nSPS) is 21.8. The van der Waals surface area contributed by atoms with Crippen LogP contribution in [0.25, 0.3) is 0 Å². The molecule has 0 amide bonds. The zero-order chi connectivity index (χ0) is 13.9. The van der Waals surface area contributed by atoms with Gasteiger partial charge >= 0.3 is 0 Å². The molecule has 3 rings (SSSR count). The summed E-state index contributed by atoms with van der Waals surface area (Å²) in [6.45, 7) is 4.48. The zero-order valence-corrected chi connectivity index (χ0v) is 12.3. The highest BCUT2D eigenvalue weighted by molar-refractivity contribution is 5.41. The second-order valence-electron chi connectivity index (χ2n) is 6.05. The lowest BCUT2D eigenvalue weighted by Crippen LogP contribution is -2.42. The molecule has 0 saturated heterocycles. The predicted octanol–water partition coefficient (Wildman–Crippen LogP) is 4.13. The first-order valence-corrected chi connectivity index (χ1v) is 7.64. The van der Waals surface area contributed by atoms with Crippen molar-refractivity contribution >= 4 is 0 Å². The molecule has 2 aromatic rings. The van der Waals surface area contributed by atoms with Gasteiger partial charge in [0.2, 0.25) is 0 Å². The number of benzene rings is 2. The van der Waals surface area contributed by atoms with E-state index < -0.39 is 0 Å². The van der Waals surface area contributed by atoms with Crippen molar-refractivity contribution < 1.29 is 0 Å². The molecule has 0 unspecified atom stereocenters. The van der Waals surface area contributed by atoms with E-state index in [1.807, 2.05) is 0 Å². The lowest BCUT2D eigenvalue weighted by molar-refractivity contribution is 0.388. The van der Waals surface area contributed by atoms with Crippen molar-refractivity contribution in [3.05, 3.63) is 71.3 Å². The van der Waals surface area contributed by atoms with Gasteiger partial charge in [0.05, 0.1) is 0 Å². The fraction of sp³-hybridized carbons (Fsp3) is 0.368. The lowest BCUT2D eigenvalue weighted by Gasteiger charge is -2.36. The van der Waals surface area contributed by atoms with Gasteiger partial charge in [-0.15, -0.1) is 0 Å². The van der Waals surface area contributed by atoms with Crippen molar-refractivity contribution in [1.82, 2.24) is 5.32 Å². The van der Waals surface area contributed by atoms with Crippen LogP contribution in [0.15, 0.2) is 54.6 Å². The number of hydrogen-bond donors (Lipinski definition) is 1. The number of nitrogens with one attached hydrogen (secondary N) is 1. The Morgan fingerprint density at radius 1 is 0.950 bits per heavy atom. The highest BCUT2D eigenvalue weighted by atomic mass is 14.9. The van der Waals surface area contributed by atoms with Crippen LogP contribution in [0.4, 0.5) is 0 Å². The minimum atomic E-state index is 0.476. The molecule has 2 aromatic carbocycles. The molecule has 1 aliphatic carbocycles. The van der Waals surface area contributed by atoms with Gasteiger partial charge in [0.15, 0.2) is 0 Å². The molecule has 0 spiro atoms. The maximum Gasteiger partial charge on any atom is 0.0246 e. The van der Waals surface area contributed by atoms with Gasteiger partial charge < -0.3 is 5.32 Å². The lowest BCUT2D eigenvalue weighted by atomic mass is 9.75. The first-order valence-electron chi connectivity index (χ1n) is 7.64. The molecule has 0 saturated carbocycles. The fourth-order valence-corrected chi connectivity index (χ4v) is 3.44. The first-order chi connectivity index (χ1) is 9.75. The van der Waals surface area contributed by atoms with Gasteiger partial charge in [-0.2, -0.15) is 0 Å². The molecule has 0 radical (unpaired) electrons. The standard InChI is InChI=1S/C19H23N/c1-14(2)20-18-13-12-15-8-6-7-11-17(15)19(18)16-9-4-3-5-10-16/h3-11,14,18-20H,12-13H2,1-2H3/t18-,19+/m0/s1. The number of rotatable bonds is 3. The summed E-state index contributed by atoms with van der Waals surface area (Å²) >= 11 is 0. The molecule has 2 atom stereocenters. The van der Waals surface area contributed by atoms with Gasteiger partial charge in [-0.1, -0.05) is 68.4 Å². The Kier molecular flexibility index (Phi) is 3.88. The van der Waals surface area contributed by atoms with Crippen molar-refractivity contribution in [3.63, 3.8) is 0 Å². The largest absolute Gasteiger partial charge is 0.311 e. The zero-order valence-electron chi connectivity index (χ0n) is 12.3. The monoisotopic (exact) mass is 265 g/mol. The summed E-state index contributed by atoms with van der Waals surface area (Å²) in [5.41, 5.74) is 4.45. The quantitative estimate of drug-likeness (QED) is 0.880. The second-order valence-corrected chi connectivity index (χ2v) is 6.05. The van der Waals surface area contributed by atoms with E-state index in [2.05, 4.69) is 73.8 Å². The SMILES string of the molecule is CC(C)N[C@H]1CCc2ccccc2[C@H]1c1ccccc1. The maximum atomic E-state index is 3.77. The van der Waals surface area contributed by atoms with Crippen LogP contribution < -0.4 is 5.32 Å². The third-order valence-electron chi connectivity index (χ3n) is 4.22. The van der Waals surface area contributed by atoms with Gasteiger partial charge in [-0.05, 0) is 29.5 Å². The molecule has 0 aliphatic heterocycles. The Hall–Kier alpha value is -1.60. The molecule has 20 heavy (non-hydrogen) atoms. The van der Waals surface area contributed by atoms with E-state index >= 15 is 0 Å². The van der Waals surface area contributed by atoms with Crippen LogP contribution in [-0.4, -0.2) is 12.1 Å². The Labute approximate surface area is 122 Å². The second kappa shape index (κ2) is 5.80. The Balaban J connectivity index is 2.03. The molecule has 1 N–H and O–H groups in total. The summed E-state index contributed by atoms with van der Waals surface area (Å²) < 4.78 is 0. The molecule has 1 heteroatoms. The van der Waals surface area contributed by atoms with Crippen LogP contribution in [-0.2, 0) is 6.42 Å². The Morgan fingerprint density at radius 3 is 2.40 bits per heavy atom. The number of aryl methyl sites for hydroxylation is 1. The van der Waals surface area contributed by atoms with E-state index in [0.717, 1.165) is 0 Å². The van der Waals surface area contributed by atoms with E-state index in [1.54, 1.807) is 0 Å². The number of fused-ring (bicyclic) bond motifs is 1. The average Bonchev–Trinajstić information content (AvgIpc) is 2.47. The average molecular weight is 265 g/mol. The van der Waals surface area contributed by atoms with Crippen LogP contribution in [0.3, 0.4) is 0 Å². The molecule has 0 fully saturated rings. The van der Waals surface area contributed by atoms with Gasteiger partial charge in [0.1, 0.15) is 0 Å². The van der Waals surface area contributed by atoms with Crippen molar-refractivity contribution in [1.29, 1.82) is 0 Å². The van der Waals surface area contributed by atoms with Gasteiger partial charge in [0, 0.05) is 18.0 Å².